The van der Waals surface area contributed by atoms with E-state index in [0.29, 0.717) is 33.9 Å². The molecule has 0 radical (unpaired) electrons. The molecule has 0 unspecified atom stereocenters. The normalized spacial score (nSPS) is 19.4. The fourth-order valence-electron chi connectivity index (χ4n) is 3.53. The topological polar surface area (TPSA) is 73.3 Å². The molecule has 8 heteroatoms. The zero-order chi connectivity index (χ0) is 20.1. The van der Waals surface area contributed by atoms with Crippen molar-refractivity contribution >= 4 is 39.3 Å². The van der Waals surface area contributed by atoms with E-state index in [0.717, 1.165) is 43.6 Å². The zero-order valence-electron chi connectivity index (χ0n) is 16.3. The van der Waals surface area contributed by atoms with Gasteiger partial charge in [-0.2, -0.15) is 4.98 Å². The van der Waals surface area contributed by atoms with E-state index in [9.17, 15) is 5.11 Å². The van der Waals surface area contributed by atoms with Crippen LogP contribution in [0.2, 0.25) is 5.02 Å². The highest BCUT2D eigenvalue weighted by Crippen LogP contribution is 2.31. The number of anilines is 2. The summed E-state index contributed by atoms with van der Waals surface area (Å²) in [5.74, 6) is 2.50. The van der Waals surface area contributed by atoms with Crippen molar-refractivity contribution in [3.8, 4) is 5.75 Å². The summed E-state index contributed by atoms with van der Waals surface area (Å²) in [5.41, 5.74) is 0.813. The van der Waals surface area contributed by atoms with E-state index < -0.39 is 0 Å². The minimum atomic E-state index is 0.254. The molecule has 2 aromatic rings. The molecule has 28 heavy (non-hydrogen) atoms. The number of hydrogen-bond donors (Lipinski definition) is 3. The highest BCUT2D eigenvalue weighted by atomic mass is 79.9. The van der Waals surface area contributed by atoms with Gasteiger partial charge in [0.05, 0.1) is 4.47 Å². The third-order valence-corrected chi connectivity index (χ3v) is 5.96. The first kappa shape index (κ1) is 21.1. The molecule has 0 aliphatic heterocycles. The molecule has 152 valence electrons. The maximum absolute atomic E-state index is 10.1. The minimum Gasteiger partial charge on any atom is -0.506 e. The summed E-state index contributed by atoms with van der Waals surface area (Å²) in [6.07, 6.45) is 6.32. The lowest BCUT2D eigenvalue weighted by Gasteiger charge is -2.29. The zero-order valence-corrected chi connectivity index (χ0v) is 18.6. The lowest BCUT2D eigenvalue weighted by atomic mass is 9.86. The van der Waals surface area contributed by atoms with Crippen molar-refractivity contribution in [3.05, 3.63) is 39.5 Å². The van der Waals surface area contributed by atoms with Crippen LogP contribution in [-0.2, 0) is 6.54 Å². The van der Waals surface area contributed by atoms with Gasteiger partial charge in [0, 0.05) is 43.5 Å². The lowest BCUT2D eigenvalue weighted by molar-refractivity contribution is 0.323. The third-order valence-electron chi connectivity index (χ3n) is 5.13. The Morgan fingerprint density at radius 2 is 2.00 bits per heavy atom. The van der Waals surface area contributed by atoms with Crippen LogP contribution in [-0.4, -0.2) is 41.8 Å². The standard InChI is InChI=1S/C20H27BrClN5O/c1-27(2)18-7-8-24-20(26-18)25-16-5-3-13(4-6-16)11-23-12-14-9-15(22)10-17(21)19(14)28/h7-10,13,16,23,28H,3-6,11-12H2,1-2H3,(H,24,25,26). The van der Waals surface area contributed by atoms with Crippen LogP contribution in [0.3, 0.4) is 0 Å². The van der Waals surface area contributed by atoms with Crippen molar-refractivity contribution in [1.29, 1.82) is 0 Å². The molecule has 1 aromatic carbocycles. The molecule has 1 heterocycles. The Kier molecular flexibility index (Phi) is 7.37. The van der Waals surface area contributed by atoms with Crippen LogP contribution in [0.4, 0.5) is 11.8 Å². The molecule has 0 amide bonds. The number of nitrogens with zero attached hydrogens (tertiary/aromatic N) is 3. The minimum absolute atomic E-state index is 0.254. The van der Waals surface area contributed by atoms with Gasteiger partial charge >= 0.3 is 0 Å². The maximum atomic E-state index is 10.1. The van der Waals surface area contributed by atoms with Gasteiger partial charge in [0.25, 0.3) is 0 Å². The Labute approximate surface area is 179 Å². The number of hydrogen-bond acceptors (Lipinski definition) is 6. The molecule has 1 aliphatic carbocycles. The predicted molar refractivity (Wildman–Crippen MR) is 118 cm³/mol. The van der Waals surface area contributed by atoms with E-state index in [1.807, 2.05) is 25.1 Å². The van der Waals surface area contributed by atoms with Gasteiger partial charge in [-0.3, -0.25) is 0 Å². The smallest absolute Gasteiger partial charge is 0.224 e. The summed E-state index contributed by atoms with van der Waals surface area (Å²) < 4.78 is 0.629. The van der Waals surface area contributed by atoms with E-state index in [1.165, 1.54) is 0 Å². The molecular weight excluding hydrogens is 442 g/mol. The van der Waals surface area contributed by atoms with Crippen LogP contribution >= 0.6 is 27.5 Å². The van der Waals surface area contributed by atoms with Crippen molar-refractivity contribution in [1.82, 2.24) is 15.3 Å². The quantitative estimate of drug-likeness (QED) is 0.558. The van der Waals surface area contributed by atoms with Gasteiger partial charge in [0.2, 0.25) is 5.95 Å². The van der Waals surface area contributed by atoms with Gasteiger partial charge in [-0.25, -0.2) is 4.98 Å². The summed E-state index contributed by atoms with van der Waals surface area (Å²) >= 11 is 9.40. The number of rotatable bonds is 7. The van der Waals surface area contributed by atoms with Gasteiger partial charge in [0.1, 0.15) is 11.6 Å². The monoisotopic (exact) mass is 467 g/mol. The number of phenolic OH excluding ortho intramolecular Hbond substituents is 1. The number of nitrogens with one attached hydrogen (secondary N) is 2. The molecule has 0 saturated heterocycles. The molecule has 1 saturated carbocycles. The highest BCUT2D eigenvalue weighted by Gasteiger charge is 2.21. The molecule has 0 atom stereocenters. The SMILES string of the molecule is CN(C)c1ccnc(NC2CCC(CNCc3cc(Cl)cc(Br)c3O)CC2)n1. The van der Waals surface area contributed by atoms with Crippen LogP contribution < -0.4 is 15.5 Å². The summed E-state index contributed by atoms with van der Waals surface area (Å²) in [6, 6.07) is 5.83. The van der Waals surface area contributed by atoms with Gasteiger partial charge < -0.3 is 20.6 Å². The van der Waals surface area contributed by atoms with Crippen LogP contribution in [0.1, 0.15) is 31.2 Å². The van der Waals surface area contributed by atoms with E-state index in [1.54, 1.807) is 18.3 Å². The number of aromatic nitrogens is 2. The Morgan fingerprint density at radius 3 is 2.71 bits per heavy atom. The second kappa shape index (κ2) is 9.76. The molecule has 0 spiro atoms. The molecule has 0 bridgehead atoms. The van der Waals surface area contributed by atoms with Gasteiger partial charge in [0.15, 0.2) is 0 Å². The molecule has 1 aromatic heterocycles. The van der Waals surface area contributed by atoms with Crippen molar-refractivity contribution in [3.63, 3.8) is 0 Å². The van der Waals surface area contributed by atoms with Crippen molar-refractivity contribution < 1.29 is 5.11 Å². The largest absolute Gasteiger partial charge is 0.506 e. The van der Waals surface area contributed by atoms with E-state index in [2.05, 4.69) is 36.5 Å². The first-order valence-corrected chi connectivity index (χ1v) is 10.7. The van der Waals surface area contributed by atoms with Crippen molar-refractivity contribution in [2.24, 2.45) is 5.92 Å². The number of phenols is 1. The Bertz CT molecular complexity index is 796. The first-order chi connectivity index (χ1) is 13.4. The van der Waals surface area contributed by atoms with Gasteiger partial charge in [-0.1, -0.05) is 11.6 Å². The predicted octanol–water partition coefficient (Wildman–Crippen LogP) is 4.42. The number of halogens is 2. The van der Waals surface area contributed by atoms with E-state index in [4.69, 9.17) is 11.6 Å². The fourth-order valence-corrected chi connectivity index (χ4v) is 4.40. The molecule has 6 nitrogen and oxygen atoms in total. The van der Waals surface area contributed by atoms with Crippen LogP contribution in [0.15, 0.2) is 28.9 Å². The Morgan fingerprint density at radius 1 is 1.25 bits per heavy atom. The summed E-state index contributed by atoms with van der Waals surface area (Å²) in [5, 5.41) is 17.7. The molecular formula is C20H27BrClN5O. The van der Waals surface area contributed by atoms with Crippen molar-refractivity contribution in [2.75, 3.05) is 30.9 Å². The molecule has 3 N–H and O–H groups in total. The second-order valence-corrected chi connectivity index (χ2v) is 8.81. The lowest BCUT2D eigenvalue weighted by Crippen LogP contribution is -2.31. The number of aromatic hydroxyl groups is 1. The fraction of sp³-hybridized carbons (Fsp3) is 0.500. The van der Waals surface area contributed by atoms with Gasteiger partial charge in [-0.05, 0) is 72.3 Å². The van der Waals surface area contributed by atoms with E-state index >= 15 is 0 Å². The van der Waals surface area contributed by atoms with Crippen molar-refractivity contribution in [2.45, 2.75) is 38.3 Å². The van der Waals surface area contributed by atoms with Crippen LogP contribution in [0, 0.1) is 5.92 Å². The summed E-state index contributed by atoms with van der Waals surface area (Å²) in [4.78, 5) is 10.9. The number of benzene rings is 1. The maximum Gasteiger partial charge on any atom is 0.224 e. The Hall–Kier alpha value is -1.57. The van der Waals surface area contributed by atoms with Gasteiger partial charge in [-0.15, -0.1) is 0 Å². The molecule has 1 fully saturated rings. The Balaban J connectivity index is 1.43. The average molecular weight is 469 g/mol. The van der Waals surface area contributed by atoms with E-state index in [-0.39, 0.29) is 5.75 Å². The average Bonchev–Trinajstić information content (AvgIpc) is 2.67. The van der Waals surface area contributed by atoms with Crippen LogP contribution in [0.5, 0.6) is 5.75 Å². The second-order valence-electron chi connectivity index (χ2n) is 7.52. The van der Waals surface area contributed by atoms with Crippen LogP contribution in [0.25, 0.3) is 0 Å². The summed E-state index contributed by atoms with van der Waals surface area (Å²) in [6.45, 7) is 1.54. The summed E-state index contributed by atoms with van der Waals surface area (Å²) in [7, 11) is 3.96. The highest BCUT2D eigenvalue weighted by molar-refractivity contribution is 9.10. The first-order valence-electron chi connectivity index (χ1n) is 9.57. The third kappa shape index (κ3) is 5.72. The molecule has 1 aliphatic rings. The molecule has 3 rings (SSSR count).